The number of piperazine rings is 1. The van der Waals surface area contributed by atoms with E-state index in [-0.39, 0.29) is 11.8 Å². The van der Waals surface area contributed by atoms with Crippen LogP contribution in [0.3, 0.4) is 0 Å². The van der Waals surface area contributed by atoms with Crippen LogP contribution in [-0.4, -0.2) is 52.4 Å². The van der Waals surface area contributed by atoms with Crippen LogP contribution in [0.2, 0.25) is 0 Å². The summed E-state index contributed by atoms with van der Waals surface area (Å²) in [5.41, 5.74) is 1.83. The SMILES string of the molecule is CC(=O)N1CCN(C(=O)c2ccc3c(ccn3C)c2)CC1. The summed E-state index contributed by atoms with van der Waals surface area (Å²) in [5, 5.41) is 1.07. The maximum atomic E-state index is 12.5. The third-order valence-corrected chi connectivity index (χ3v) is 4.14. The Morgan fingerprint density at radius 1 is 1.00 bits per heavy atom. The highest BCUT2D eigenvalue weighted by molar-refractivity contribution is 5.98. The first kappa shape index (κ1) is 13.7. The summed E-state index contributed by atoms with van der Waals surface area (Å²) in [4.78, 5) is 27.5. The quantitative estimate of drug-likeness (QED) is 0.797. The van der Waals surface area contributed by atoms with Gasteiger partial charge in [0.05, 0.1) is 0 Å². The standard InChI is InChI=1S/C16H19N3O2/c1-12(20)18-7-9-19(10-8-18)16(21)14-3-4-15-13(11-14)5-6-17(15)2/h3-6,11H,7-10H2,1-2H3. The number of aromatic nitrogens is 1. The average Bonchev–Trinajstić information content (AvgIpc) is 2.87. The molecule has 2 heterocycles. The lowest BCUT2D eigenvalue weighted by Gasteiger charge is -2.34. The molecule has 3 rings (SSSR count). The number of aryl methyl sites for hydroxylation is 1. The zero-order valence-electron chi connectivity index (χ0n) is 12.4. The van der Waals surface area contributed by atoms with Gasteiger partial charge >= 0.3 is 0 Å². The van der Waals surface area contributed by atoms with Gasteiger partial charge in [-0.1, -0.05) is 0 Å². The Bertz CT molecular complexity index is 697. The highest BCUT2D eigenvalue weighted by atomic mass is 16.2. The largest absolute Gasteiger partial charge is 0.351 e. The molecule has 21 heavy (non-hydrogen) atoms. The first-order valence-corrected chi connectivity index (χ1v) is 7.16. The predicted octanol–water partition coefficient (Wildman–Crippen LogP) is 1.48. The molecular formula is C16H19N3O2. The van der Waals surface area contributed by atoms with Crippen molar-refractivity contribution in [2.45, 2.75) is 6.92 Å². The minimum atomic E-state index is 0.0453. The van der Waals surface area contributed by atoms with Crippen LogP contribution in [0.5, 0.6) is 0 Å². The molecule has 0 radical (unpaired) electrons. The van der Waals surface area contributed by atoms with Crippen molar-refractivity contribution in [3.05, 3.63) is 36.0 Å². The molecule has 110 valence electrons. The summed E-state index contributed by atoms with van der Waals surface area (Å²) in [5.74, 6) is 0.122. The number of carbonyl (C=O) groups excluding carboxylic acids is 2. The normalized spacial score (nSPS) is 15.5. The fourth-order valence-corrected chi connectivity index (χ4v) is 2.82. The lowest BCUT2D eigenvalue weighted by molar-refractivity contribution is -0.130. The highest BCUT2D eigenvalue weighted by Crippen LogP contribution is 2.18. The molecule has 2 aromatic rings. The van der Waals surface area contributed by atoms with Gasteiger partial charge in [0, 0.05) is 62.8 Å². The number of rotatable bonds is 1. The minimum absolute atomic E-state index is 0.0453. The van der Waals surface area contributed by atoms with Gasteiger partial charge in [0.2, 0.25) is 5.91 Å². The van der Waals surface area contributed by atoms with Crippen LogP contribution in [-0.2, 0) is 11.8 Å². The van der Waals surface area contributed by atoms with E-state index in [9.17, 15) is 9.59 Å². The van der Waals surface area contributed by atoms with E-state index in [4.69, 9.17) is 0 Å². The average molecular weight is 285 g/mol. The van der Waals surface area contributed by atoms with E-state index in [1.54, 1.807) is 11.8 Å². The van der Waals surface area contributed by atoms with E-state index >= 15 is 0 Å². The maximum absolute atomic E-state index is 12.5. The molecule has 5 heteroatoms. The van der Waals surface area contributed by atoms with Crippen molar-refractivity contribution < 1.29 is 9.59 Å². The summed E-state index contributed by atoms with van der Waals surface area (Å²) in [6.07, 6.45) is 1.99. The second-order valence-corrected chi connectivity index (χ2v) is 5.50. The summed E-state index contributed by atoms with van der Waals surface area (Å²) in [6, 6.07) is 7.81. The van der Waals surface area contributed by atoms with E-state index < -0.39 is 0 Å². The Morgan fingerprint density at radius 2 is 1.67 bits per heavy atom. The van der Waals surface area contributed by atoms with E-state index in [0.717, 1.165) is 10.9 Å². The predicted molar refractivity (Wildman–Crippen MR) is 81.1 cm³/mol. The van der Waals surface area contributed by atoms with Gasteiger partial charge < -0.3 is 14.4 Å². The molecule has 0 saturated carbocycles. The minimum Gasteiger partial charge on any atom is -0.351 e. The molecule has 5 nitrogen and oxygen atoms in total. The van der Waals surface area contributed by atoms with Crippen molar-refractivity contribution in [3.63, 3.8) is 0 Å². The van der Waals surface area contributed by atoms with Crippen molar-refractivity contribution in [1.82, 2.24) is 14.4 Å². The van der Waals surface area contributed by atoms with Crippen molar-refractivity contribution >= 4 is 22.7 Å². The number of benzene rings is 1. The van der Waals surface area contributed by atoms with Crippen molar-refractivity contribution in [2.24, 2.45) is 7.05 Å². The molecule has 0 N–H and O–H groups in total. The van der Waals surface area contributed by atoms with Gasteiger partial charge in [-0.25, -0.2) is 0 Å². The molecule has 2 amide bonds. The van der Waals surface area contributed by atoms with Crippen molar-refractivity contribution in [1.29, 1.82) is 0 Å². The van der Waals surface area contributed by atoms with E-state index in [1.807, 2.05) is 47.0 Å². The summed E-state index contributed by atoms with van der Waals surface area (Å²) in [7, 11) is 1.99. The molecule has 0 unspecified atom stereocenters. The number of hydrogen-bond acceptors (Lipinski definition) is 2. The zero-order valence-corrected chi connectivity index (χ0v) is 12.4. The lowest BCUT2D eigenvalue weighted by atomic mass is 10.1. The van der Waals surface area contributed by atoms with Gasteiger partial charge in [0.15, 0.2) is 0 Å². The monoisotopic (exact) mass is 285 g/mol. The van der Waals surface area contributed by atoms with Gasteiger partial charge in [-0.2, -0.15) is 0 Å². The van der Waals surface area contributed by atoms with Crippen LogP contribution in [0.25, 0.3) is 10.9 Å². The number of amides is 2. The van der Waals surface area contributed by atoms with Crippen LogP contribution in [0.4, 0.5) is 0 Å². The maximum Gasteiger partial charge on any atom is 0.253 e. The smallest absolute Gasteiger partial charge is 0.253 e. The molecule has 0 aliphatic carbocycles. The number of carbonyl (C=O) groups is 2. The van der Waals surface area contributed by atoms with E-state index in [1.165, 1.54) is 0 Å². The molecule has 1 fully saturated rings. The second kappa shape index (κ2) is 5.24. The lowest BCUT2D eigenvalue weighted by Crippen LogP contribution is -2.50. The number of nitrogens with zero attached hydrogens (tertiary/aromatic N) is 3. The van der Waals surface area contributed by atoms with Crippen LogP contribution in [0.1, 0.15) is 17.3 Å². The Labute approximate surface area is 123 Å². The van der Waals surface area contributed by atoms with Gasteiger partial charge in [-0.15, -0.1) is 0 Å². The molecule has 0 spiro atoms. The summed E-state index contributed by atoms with van der Waals surface area (Å²) < 4.78 is 2.04. The van der Waals surface area contributed by atoms with Crippen LogP contribution < -0.4 is 0 Å². The van der Waals surface area contributed by atoms with Gasteiger partial charge in [-0.05, 0) is 24.3 Å². The van der Waals surface area contributed by atoms with Gasteiger partial charge in [-0.3, -0.25) is 9.59 Å². The van der Waals surface area contributed by atoms with Crippen LogP contribution >= 0.6 is 0 Å². The first-order chi connectivity index (χ1) is 10.1. The molecule has 0 atom stereocenters. The zero-order chi connectivity index (χ0) is 15.0. The Balaban J connectivity index is 1.76. The Hall–Kier alpha value is -2.30. The molecule has 1 aromatic carbocycles. The van der Waals surface area contributed by atoms with Crippen molar-refractivity contribution in [3.8, 4) is 0 Å². The summed E-state index contributed by atoms with van der Waals surface area (Å²) >= 11 is 0. The van der Waals surface area contributed by atoms with Gasteiger partial charge in [0.1, 0.15) is 0 Å². The number of hydrogen-bond donors (Lipinski definition) is 0. The van der Waals surface area contributed by atoms with Crippen LogP contribution in [0, 0.1) is 0 Å². The molecule has 1 aliphatic heterocycles. The highest BCUT2D eigenvalue weighted by Gasteiger charge is 2.23. The Kier molecular flexibility index (Phi) is 3.41. The first-order valence-electron chi connectivity index (χ1n) is 7.16. The molecule has 1 saturated heterocycles. The van der Waals surface area contributed by atoms with Crippen molar-refractivity contribution in [2.75, 3.05) is 26.2 Å². The van der Waals surface area contributed by atoms with E-state index in [0.29, 0.717) is 31.7 Å². The van der Waals surface area contributed by atoms with E-state index in [2.05, 4.69) is 0 Å². The Morgan fingerprint density at radius 3 is 2.33 bits per heavy atom. The molecule has 0 bridgehead atoms. The molecule has 1 aromatic heterocycles. The number of fused-ring (bicyclic) bond motifs is 1. The topological polar surface area (TPSA) is 45.6 Å². The second-order valence-electron chi connectivity index (χ2n) is 5.50. The van der Waals surface area contributed by atoms with Gasteiger partial charge in [0.25, 0.3) is 5.91 Å². The third-order valence-electron chi connectivity index (χ3n) is 4.14. The molecular weight excluding hydrogens is 266 g/mol. The molecule has 1 aliphatic rings. The van der Waals surface area contributed by atoms with Crippen LogP contribution in [0.15, 0.2) is 30.5 Å². The fourth-order valence-electron chi connectivity index (χ4n) is 2.82. The summed E-state index contributed by atoms with van der Waals surface area (Å²) in [6.45, 7) is 4.01. The fraction of sp³-hybridized carbons (Fsp3) is 0.375. The third kappa shape index (κ3) is 2.51.